The Kier molecular flexibility index (Phi) is 6.29. The van der Waals surface area contributed by atoms with E-state index in [9.17, 15) is 9.59 Å². The van der Waals surface area contributed by atoms with Crippen LogP contribution in [0.1, 0.15) is 34.1 Å². The van der Waals surface area contributed by atoms with E-state index in [2.05, 4.69) is 4.90 Å². The van der Waals surface area contributed by atoms with E-state index in [1.807, 2.05) is 26.2 Å². The lowest BCUT2D eigenvalue weighted by atomic mass is 9.97. The van der Waals surface area contributed by atoms with Gasteiger partial charge in [0.1, 0.15) is 11.3 Å². The maximum Gasteiger partial charge on any atom is 0.290 e. The predicted octanol–water partition coefficient (Wildman–Crippen LogP) is 3.32. The van der Waals surface area contributed by atoms with Crippen LogP contribution in [0.5, 0.6) is 17.2 Å². The fraction of sp³-hybridized carbons (Fsp3) is 0.360. The fourth-order valence-corrected chi connectivity index (χ4v) is 4.36. The molecule has 0 saturated heterocycles. The van der Waals surface area contributed by atoms with Crippen molar-refractivity contribution in [3.05, 3.63) is 63.5 Å². The Morgan fingerprint density at radius 3 is 2.48 bits per heavy atom. The molecule has 0 unspecified atom stereocenters. The number of carbonyl (C=O) groups is 1. The molecule has 8 heteroatoms. The van der Waals surface area contributed by atoms with Crippen molar-refractivity contribution in [2.75, 3.05) is 48.5 Å². The third-order valence-electron chi connectivity index (χ3n) is 5.91. The summed E-state index contributed by atoms with van der Waals surface area (Å²) in [5, 5.41) is 0.393. The molecule has 174 valence electrons. The molecule has 3 aromatic rings. The Morgan fingerprint density at radius 2 is 1.82 bits per heavy atom. The lowest BCUT2D eigenvalue weighted by Gasteiger charge is -2.27. The second-order valence-electron chi connectivity index (χ2n) is 8.18. The summed E-state index contributed by atoms with van der Waals surface area (Å²) >= 11 is 0. The maximum atomic E-state index is 13.7. The van der Waals surface area contributed by atoms with Crippen molar-refractivity contribution in [3.8, 4) is 17.2 Å². The Bertz CT molecular complexity index is 1250. The highest BCUT2D eigenvalue weighted by Gasteiger charge is 2.44. The van der Waals surface area contributed by atoms with Crippen LogP contribution in [0, 0.1) is 0 Å². The molecular weight excluding hydrogens is 424 g/mol. The van der Waals surface area contributed by atoms with E-state index in [0.29, 0.717) is 45.9 Å². The summed E-state index contributed by atoms with van der Waals surface area (Å²) in [6, 6.07) is 9.81. The molecular formula is C25H28N2O6. The zero-order chi connectivity index (χ0) is 23.7. The Balaban J connectivity index is 1.94. The zero-order valence-electron chi connectivity index (χ0n) is 19.5. The summed E-state index contributed by atoms with van der Waals surface area (Å²) in [4.78, 5) is 30.9. The topological polar surface area (TPSA) is 81.5 Å². The number of rotatable bonds is 8. The van der Waals surface area contributed by atoms with Crippen LogP contribution in [0.3, 0.4) is 0 Å². The first kappa shape index (κ1) is 22.7. The van der Waals surface area contributed by atoms with Crippen LogP contribution in [0.4, 0.5) is 0 Å². The Labute approximate surface area is 192 Å². The molecule has 0 radical (unpaired) electrons. The molecule has 0 bridgehead atoms. The summed E-state index contributed by atoms with van der Waals surface area (Å²) in [6.07, 6.45) is 0.733. The summed E-state index contributed by atoms with van der Waals surface area (Å²) in [7, 11) is 8.60. The van der Waals surface area contributed by atoms with Crippen molar-refractivity contribution in [2.24, 2.45) is 0 Å². The molecule has 0 saturated carbocycles. The Hall–Kier alpha value is -3.52. The van der Waals surface area contributed by atoms with Crippen molar-refractivity contribution in [2.45, 2.75) is 12.5 Å². The Morgan fingerprint density at radius 1 is 1.03 bits per heavy atom. The normalized spacial score (nSPS) is 15.3. The van der Waals surface area contributed by atoms with Gasteiger partial charge in [0.05, 0.1) is 38.3 Å². The third kappa shape index (κ3) is 3.91. The summed E-state index contributed by atoms with van der Waals surface area (Å²) < 4.78 is 22.4. The van der Waals surface area contributed by atoms with Crippen molar-refractivity contribution in [1.29, 1.82) is 0 Å². The number of hydrogen-bond donors (Lipinski definition) is 0. The van der Waals surface area contributed by atoms with E-state index in [1.165, 1.54) is 7.11 Å². The van der Waals surface area contributed by atoms with E-state index in [1.54, 1.807) is 43.4 Å². The number of fused-ring (bicyclic) bond motifs is 2. The minimum atomic E-state index is -0.650. The van der Waals surface area contributed by atoms with Gasteiger partial charge in [0, 0.05) is 18.2 Å². The van der Waals surface area contributed by atoms with Crippen LogP contribution in [-0.2, 0) is 0 Å². The molecule has 1 aromatic heterocycles. The SMILES string of the molecule is COc1ccc2c(=O)c3c(oc2c1)C(=O)N(CCCN(C)C)[C@H]3c1cccc(OC)c1OC. The third-order valence-corrected chi connectivity index (χ3v) is 5.91. The van der Waals surface area contributed by atoms with Gasteiger partial charge >= 0.3 is 0 Å². The van der Waals surface area contributed by atoms with Crippen molar-refractivity contribution in [1.82, 2.24) is 9.80 Å². The number of nitrogens with zero attached hydrogens (tertiary/aromatic N) is 2. The van der Waals surface area contributed by atoms with Crippen LogP contribution >= 0.6 is 0 Å². The monoisotopic (exact) mass is 452 g/mol. The van der Waals surface area contributed by atoms with Gasteiger partial charge in [-0.05, 0) is 45.3 Å². The van der Waals surface area contributed by atoms with Gasteiger partial charge < -0.3 is 28.4 Å². The number of ether oxygens (including phenoxy) is 3. The van der Waals surface area contributed by atoms with Gasteiger partial charge in [0.25, 0.3) is 5.91 Å². The smallest absolute Gasteiger partial charge is 0.290 e. The molecule has 0 aliphatic carbocycles. The fourth-order valence-electron chi connectivity index (χ4n) is 4.36. The standard InChI is InChI=1S/C25H28N2O6/c1-26(2)12-7-13-27-21(17-8-6-9-18(31-4)23(17)32-5)20-22(28)16-11-10-15(30-3)14-19(16)33-24(20)25(27)29/h6,8-11,14,21H,7,12-13H2,1-5H3/t21-/m0/s1. The molecule has 0 fully saturated rings. The molecule has 33 heavy (non-hydrogen) atoms. The van der Waals surface area contributed by atoms with E-state index >= 15 is 0 Å². The molecule has 1 aliphatic rings. The highest BCUT2D eigenvalue weighted by molar-refractivity contribution is 5.99. The van der Waals surface area contributed by atoms with Crippen LogP contribution in [0.2, 0.25) is 0 Å². The number of methoxy groups -OCH3 is 3. The molecule has 1 atom stereocenters. The molecule has 0 N–H and O–H groups in total. The van der Waals surface area contributed by atoms with Gasteiger partial charge in [0.2, 0.25) is 5.76 Å². The van der Waals surface area contributed by atoms with Gasteiger partial charge in [-0.2, -0.15) is 0 Å². The molecule has 8 nitrogen and oxygen atoms in total. The van der Waals surface area contributed by atoms with Gasteiger partial charge in [-0.1, -0.05) is 12.1 Å². The van der Waals surface area contributed by atoms with Gasteiger partial charge in [-0.3, -0.25) is 9.59 Å². The van der Waals surface area contributed by atoms with Gasteiger partial charge in [-0.15, -0.1) is 0 Å². The average Bonchev–Trinajstić information content (AvgIpc) is 3.09. The van der Waals surface area contributed by atoms with Gasteiger partial charge in [-0.25, -0.2) is 0 Å². The average molecular weight is 453 g/mol. The largest absolute Gasteiger partial charge is 0.497 e. The van der Waals surface area contributed by atoms with Crippen molar-refractivity contribution >= 4 is 16.9 Å². The van der Waals surface area contributed by atoms with E-state index in [0.717, 1.165) is 13.0 Å². The lowest BCUT2D eigenvalue weighted by Crippen LogP contribution is -2.32. The highest BCUT2D eigenvalue weighted by Crippen LogP contribution is 2.44. The second-order valence-corrected chi connectivity index (χ2v) is 8.18. The number of para-hydroxylation sites is 1. The molecule has 2 aromatic carbocycles. The lowest BCUT2D eigenvalue weighted by molar-refractivity contribution is 0.0720. The first-order chi connectivity index (χ1) is 15.9. The summed E-state index contributed by atoms with van der Waals surface area (Å²) in [5.74, 6) is 1.29. The quantitative estimate of drug-likeness (QED) is 0.519. The van der Waals surface area contributed by atoms with E-state index in [-0.39, 0.29) is 17.1 Å². The van der Waals surface area contributed by atoms with Crippen LogP contribution < -0.4 is 19.6 Å². The highest BCUT2D eigenvalue weighted by atomic mass is 16.5. The second kappa shape index (κ2) is 9.15. The van der Waals surface area contributed by atoms with E-state index < -0.39 is 6.04 Å². The molecule has 2 heterocycles. The van der Waals surface area contributed by atoms with Crippen molar-refractivity contribution < 1.29 is 23.4 Å². The molecule has 1 aliphatic heterocycles. The number of hydrogen-bond acceptors (Lipinski definition) is 7. The minimum absolute atomic E-state index is 0.0560. The number of amides is 1. The first-order valence-corrected chi connectivity index (χ1v) is 10.7. The van der Waals surface area contributed by atoms with Crippen LogP contribution in [0.15, 0.2) is 45.6 Å². The number of benzene rings is 2. The van der Waals surface area contributed by atoms with E-state index in [4.69, 9.17) is 18.6 Å². The number of carbonyl (C=O) groups excluding carboxylic acids is 1. The van der Waals surface area contributed by atoms with Crippen LogP contribution in [-0.4, -0.2) is 64.2 Å². The maximum absolute atomic E-state index is 13.7. The molecule has 0 spiro atoms. The molecule has 4 rings (SSSR count). The minimum Gasteiger partial charge on any atom is -0.497 e. The predicted molar refractivity (Wildman–Crippen MR) is 125 cm³/mol. The van der Waals surface area contributed by atoms with Crippen LogP contribution in [0.25, 0.3) is 11.0 Å². The van der Waals surface area contributed by atoms with Gasteiger partial charge in [0.15, 0.2) is 16.9 Å². The molecule has 1 amide bonds. The van der Waals surface area contributed by atoms with Crippen molar-refractivity contribution in [3.63, 3.8) is 0 Å². The summed E-state index contributed by atoms with van der Waals surface area (Å²) in [6.45, 7) is 1.24. The first-order valence-electron chi connectivity index (χ1n) is 10.7. The summed E-state index contributed by atoms with van der Waals surface area (Å²) in [5.41, 5.74) is 1.06. The zero-order valence-corrected chi connectivity index (χ0v) is 19.5.